The number of hydrogen-bond donors (Lipinski definition) is 2. The zero-order valence-electron chi connectivity index (χ0n) is 17.6. The van der Waals surface area contributed by atoms with Gasteiger partial charge in [-0.25, -0.2) is 4.98 Å². The average Bonchev–Trinajstić information content (AvgIpc) is 3.39. The molecule has 1 aliphatic heterocycles. The molecule has 8 heteroatoms. The predicted octanol–water partition coefficient (Wildman–Crippen LogP) is 3.78. The van der Waals surface area contributed by atoms with Crippen LogP contribution in [-0.4, -0.2) is 21.4 Å². The maximum Gasteiger partial charge on any atom is 0.262 e. The van der Waals surface area contributed by atoms with Crippen LogP contribution in [0.5, 0.6) is 0 Å². The van der Waals surface area contributed by atoms with Gasteiger partial charge in [0.15, 0.2) is 5.58 Å². The molecule has 2 aromatic heterocycles. The molecule has 34 heavy (non-hydrogen) atoms. The smallest absolute Gasteiger partial charge is 0.262 e. The largest absolute Gasteiger partial charge is 0.436 e. The lowest BCUT2D eigenvalue weighted by Gasteiger charge is -2.11. The van der Waals surface area contributed by atoms with Gasteiger partial charge >= 0.3 is 0 Å². The Hall–Kier alpha value is -4.98. The summed E-state index contributed by atoms with van der Waals surface area (Å²) < 4.78 is 7.10. The first-order chi connectivity index (χ1) is 16.5. The van der Waals surface area contributed by atoms with Crippen LogP contribution in [-0.2, 0) is 0 Å². The minimum atomic E-state index is -0.633. The summed E-state index contributed by atoms with van der Waals surface area (Å²) in [5, 5.41) is 2.16. The second kappa shape index (κ2) is 7.28. The number of carbonyl (C=O) groups is 2. The Morgan fingerprint density at radius 3 is 2.26 bits per heavy atom. The number of oxazole rings is 1. The van der Waals surface area contributed by atoms with E-state index in [2.05, 4.69) is 10.3 Å². The van der Waals surface area contributed by atoms with Crippen molar-refractivity contribution in [1.29, 1.82) is 0 Å². The van der Waals surface area contributed by atoms with E-state index in [1.54, 1.807) is 18.2 Å². The van der Waals surface area contributed by atoms with Crippen LogP contribution in [0.1, 0.15) is 20.7 Å². The van der Waals surface area contributed by atoms with Crippen LogP contribution in [0.25, 0.3) is 39.4 Å². The molecular formula is C26H16N4O4. The molecule has 0 fully saturated rings. The summed E-state index contributed by atoms with van der Waals surface area (Å²) >= 11 is 0. The maximum absolute atomic E-state index is 12.7. The quantitative estimate of drug-likeness (QED) is 0.405. The molecular weight excluding hydrogens is 432 g/mol. The van der Waals surface area contributed by atoms with Gasteiger partial charge < -0.3 is 10.2 Å². The van der Waals surface area contributed by atoms with Gasteiger partial charge in [-0.1, -0.05) is 42.5 Å². The summed E-state index contributed by atoms with van der Waals surface area (Å²) in [5.74, 6) is -0.933. The zero-order valence-corrected chi connectivity index (χ0v) is 17.6. The second-order valence-corrected chi connectivity index (χ2v) is 7.89. The number of nitrogens with one attached hydrogen (secondary N) is 1. The van der Waals surface area contributed by atoms with E-state index in [4.69, 9.17) is 10.2 Å². The van der Waals surface area contributed by atoms with Crippen LogP contribution >= 0.6 is 0 Å². The molecule has 0 aliphatic carbocycles. The van der Waals surface area contributed by atoms with Gasteiger partial charge in [0.1, 0.15) is 11.3 Å². The predicted molar refractivity (Wildman–Crippen MR) is 127 cm³/mol. The van der Waals surface area contributed by atoms with Gasteiger partial charge in [0, 0.05) is 11.6 Å². The monoisotopic (exact) mass is 448 g/mol. The van der Waals surface area contributed by atoms with Crippen molar-refractivity contribution in [1.82, 2.24) is 14.9 Å². The number of nitrogens with two attached hydrogens (primary N) is 1. The molecule has 0 saturated carbocycles. The lowest BCUT2D eigenvalue weighted by molar-refractivity contribution is 0.0880. The van der Waals surface area contributed by atoms with Crippen molar-refractivity contribution in [3.63, 3.8) is 0 Å². The van der Waals surface area contributed by atoms with Gasteiger partial charge in [0.05, 0.1) is 16.8 Å². The molecule has 1 aliphatic rings. The number of rotatable bonds is 3. The van der Waals surface area contributed by atoms with Crippen molar-refractivity contribution >= 4 is 28.7 Å². The van der Waals surface area contributed by atoms with Crippen molar-refractivity contribution < 1.29 is 14.0 Å². The highest BCUT2D eigenvalue weighted by molar-refractivity contribution is 6.23. The highest BCUT2D eigenvalue weighted by Crippen LogP contribution is 2.29. The van der Waals surface area contributed by atoms with Crippen molar-refractivity contribution in [2.24, 2.45) is 0 Å². The zero-order chi connectivity index (χ0) is 23.4. The van der Waals surface area contributed by atoms with Crippen molar-refractivity contribution in [2.75, 3.05) is 5.73 Å². The SMILES string of the molecule is Nc1c2c(cc(=O)n1-c1ccc3oc(-c4ccc(-c5ccccc5)cc4)nc3c1)C(=O)NC2=O. The lowest BCUT2D eigenvalue weighted by atomic mass is 10.0. The number of imide groups is 1. The van der Waals surface area contributed by atoms with E-state index < -0.39 is 17.4 Å². The summed E-state index contributed by atoms with van der Waals surface area (Å²) in [7, 11) is 0. The van der Waals surface area contributed by atoms with Gasteiger partial charge in [-0.2, -0.15) is 0 Å². The number of benzene rings is 3. The molecule has 0 spiro atoms. The Labute approximate surface area is 192 Å². The van der Waals surface area contributed by atoms with E-state index in [0.717, 1.165) is 22.8 Å². The molecule has 0 saturated heterocycles. The third kappa shape index (κ3) is 3.01. The average molecular weight is 448 g/mol. The Balaban J connectivity index is 1.40. The molecule has 0 atom stereocenters. The molecule has 3 heterocycles. The topological polar surface area (TPSA) is 120 Å². The van der Waals surface area contributed by atoms with Crippen molar-refractivity contribution in [3.05, 3.63) is 100 Å². The van der Waals surface area contributed by atoms with Crippen LogP contribution in [0.4, 0.5) is 5.82 Å². The Bertz CT molecular complexity index is 1680. The van der Waals surface area contributed by atoms with Crippen LogP contribution in [0, 0.1) is 0 Å². The standard InChI is InChI=1S/C26H16N4O4/c27-23-22-18(24(32)29-25(22)33)13-21(31)30(23)17-10-11-20-19(12-17)28-26(34-20)16-8-6-15(7-9-16)14-4-2-1-3-5-14/h1-13H,27H2,(H,29,32,33). The van der Waals surface area contributed by atoms with Crippen LogP contribution < -0.4 is 16.6 Å². The highest BCUT2D eigenvalue weighted by atomic mass is 16.3. The van der Waals surface area contributed by atoms with Gasteiger partial charge in [0.2, 0.25) is 5.89 Å². The van der Waals surface area contributed by atoms with E-state index in [1.165, 1.54) is 4.57 Å². The van der Waals surface area contributed by atoms with E-state index in [-0.39, 0.29) is 16.9 Å². The Kier molecular flexibility index (Phi) is 4.21. The molecule has 3 aromatic carbocycles. The fourth-order valence-electron chi connectivity index (χ4n) is 4.16. The van der Waals surface area contributed by atoms with Crippen LogP contribution in [0.2, 0.25) is 0 Å². The van der Waals surface area contributed by atoms with Crippen LogP contribution in [0.3, 0.4) is 0 Å². The number of amides is 2. The first kappa shape index (κ1) is 19.7. The highest BCUT2D eigenvalue weighted by Gasteiger charge is 2.31. The Morgan fingerprint density at radius 1 is 0.794 bits per heavy atom. The van der Waals surface area contributed by atoms with E-state index in [9.17, 15) is 14.4 Å². The number of aromatic nitrogens is 2. The molecule has 0 radical (unpaired) electrons. The van der Waals surface area contributed by atoms with E-state index in [0.29, 0.717) is 22.7 Å². The normalized spacial score (nSPS) is 12.7. The van der Waals surface area contributed by atoms with Crippen molar-refractivity contribution in [3.8, 4) is 28.3 Å². The van der Waals surface area contributed by atoms with E-state index >= 15 is 0 Å². The summed E-state index contributed by atoms with van der Waals surface area (Å²) in [6.07, 6.45) is 0. The minimum absolute atomic E-state index is 0.0101. The number of hydrogen-bond acceptors (Lipinski definition) is 6. The molecule has 8 nitrogen and oxygen atoms in total. The third-order valence-electron chi connectivity index (χ3n) is 5.82. The lowest BCUT2D eigenvalue weighted by Crippen LogP contribution is -2.24. The third-order valence-corrected chi connectivity index (χ3v) is 5.82. The molecule has 0 unspecified atom stereocenters. The first-order valence-electron chi connectivity index (χ1n) is 10.5. The number of nitrogens with zero attached hydrogens (tertiary/aromatic N) is 2. The van der Waals surface area contributed by atoms with Crippen LogP contribution in [0.15, 0.2) is 88.1 Å². The fourth-order valence-corrected chi connectivity index (χ4v) is 4.16. The number of nitrogen functional groups attached to an aromatic ring is 1. The number of fused-ring (bicyclic) bond motifs is 2. The van der Waals surface area contributed by atoms with Gasteiger partial charge in [-0.3, -0.25) is 24.3 Å². The van der Waals surface area contributed by atoms with Crippen molar-refractivity contribution in [2.45, 2.75) is 0 Å². The Morgan fingerprint density at radius 2 is 1.50 bits per heavy atom. The summed E-state index contributed by atoms with van der Waals surface area (Å²) in [6.45, 7) is 0. The fraction of sp³-hybridized carbons (Fsp3) is 0. The van der Waals surface area contributed by atoms with Gasteiger partial charge in [-0.05, 0) is 41.5 Å². The molecule has 3 N–H and O–H groups in total. The number of anilines is 1. The molecule has 5 aromatic rings. The first-order valence-corrected chi connectivity index (χ1v) is 10.5. The summed E-state index contributed by atoms with van der Waals surface area (Å²) in [6, 6.07) is 24.0. The number of carbonyl (C=O) groups excluding carboxylic acids is 2. The summed E-state index contributed by atoms with van der Waals surface area (Å²) in [4.78, 5) is 41.3. The summed E-state index contributed by atoms with van der Waals surface area (Å²) in [5.41, 5.74) is 10.0. The molecule has 2 amide bonds. The maximum atomic E-state index is 12.7. The van der Waals surface area contributed by atoms with Gasteiger partial charge in [0.25, 0.3) is 17.4 Å². The van der Waals surface area contributed by atoms with E-state index in [1.807, 2.05) is 54.6 Å². The van der Waals surface area contributed by atoms with Gasteiger partial charge in [-0.15, -0.1) is 0 Å². The second-order valence-electron chi connectivity index (χ2n) is 7.89. The molecule has 164 valence electrons. The minimum Gasteiger partial charge on any atom is -0.436 e. The molecule has 0 bridgehead atoms. The molecule has 6 rings (SSSR count). The number of pyridine rings is 1.